The highest BCUT2D eigenvalue weighted by atomic mass is 35.5. The zero-order chi connectivity index (χ0) is 41.1. The summed E-state index contributed by atoms with van der Waals surface area (Å²) in [6.07, 6.45) is 3.85. The van der Waals surface area contributed by atoms with Crippen LogP contribution in [0.15, 0.2) is 65.6 Å². The van der Waals surface area contributed by atoms with Gasteiger partial charge in [0.05, 0.1) is 42.0 Å². The fourth-order valence-electron chi connectivity index (χ4n) is 8.51. The molecule has 2 N–H and O–H groups in total. The van der Waals surface area contributed by atoms with Crippen LogP contribution >= 0.6 is 23.2 Å². The Kier molecular flexibility index (Phi) is 10.5. The summed E-state index contributed by atoms with van der Waals surface area (Å²) in [4.78, 5) is 47.4. The number of hydrogen-bond donors (Lipinski definition) is 2. The second kappa shape index (κ2) is 15.3. The molecular weight excluding hydrogens is 781 g/mol. The maximum Gasteiger partial charge on any atom is 0.410 e. The van der Waals surface area contributed by atoms with E-state index in [1.807, 2.05) is 81.6 Å². The van der Waals surface area contributed by atoms with Crippen LogP contribution in [0.5, 0.6) is 5.88 Å². The third kappa shape index (κ3) is 7.80. The Bertz CT molecular complexity index is 2480. The fraction of sp³-hybridized carbons (Fsp3) is 0.419. The van der Waals surface area contributed by atoms with E-state index in [1.54, 1.807) is 21.0 Å². The first-order valence-corrected chi connectivity index (χ1v) is 20.2. The Hall–Kier alpha value is -4.95. The number of likely N-dealkylation sites (tertiary alicyclic amines) is 1. The zero-order valence-electron chi connectivity index (χ0n) is 33.2. The molecule has 2 aromatic carbocycles. The van der Waals surface area contributed by atoms with Crippen molar-refractivity contribution in [3.8, 4) is 39.4 Å². The van der Waals surface area contributed by atoms with E-state index in [-0.39, 0.29) is 42.1 Å². The van der Waals surface area contributed by atoms with Crippen LogP contribution in [0, 0.1) is 5.41 Å². The van der Waals surface area contributed by atoms with Crippen LogP contribution in [-0.2, 0) is 29.7 Å². The number of aromatic nitrogens is 4. The van der Waals surface area contributed by atoms with Gasteiger partial charge in [-0.15, -0.1) is 0 Å². The molecule has 58 heavy (non-hydrogen) atoms. The van der Waals surface area contributed by atoms with Gasteiger partial charge in [0.15, 0.2) is 0 Å². The molecule has 5 aromatic rings. The number of amides is 2. The second-order valence-electron chi connectivity index (χ2n) is 16.9. The van der Waals surface area contributed by atoms with Gasteiger partial charge in [0.25, 0.3) is 5.56 Å². The Balaban J connectivity index is 1.05. The number of rotatable bonds is 10. The quantitative estimate of drug-likeness (QED) is 0.157. The fourth-order valence-corrected chi connectivity index (χ4v) is 9.17. The molecule has 2 aliphatic heterocycles. The van der Waals surface area contributed by atoms with Crippen LogP contribution < -0.4 is 15.6 Å². The van der Waals surface area contributed by atoms with Crippen molar-refractivity contribution in [2.24, 2.45) is 12.5 Å². The van der Waals surface area contributed by atoms with Gasteiger partial charge in [0, 0.05) is 84.1 Å². The summed E-state index contributed by atoms with van der Waals surface area (Å²) in [7, 11) is 3.27. The molecular formula is C43H47Cl2N7O6. The van der Waals surface area contributed by atoms with E-state index in [0.717, 1.165) is 37.1 Å². The molecule has 3 aromatic heterocycles. The molecule has 2 saturated heterocycles. The summed E-state index contributed by atoms with van der Waals surface area (Å²) in [5, 5.41) is 18.4. The molecule has 1 atom stereocenters. The van der Waals surface area contributed by atoms with Gasteiger partial charge in [0.2, 0.25) is 11.8 Å². The topological polar surface area (TPSA) is 144 Å². The third-order valence-corrected chi connectivity index (χ3v) is 12.1. The van der Waals surface area contributed by atoms with Gasteiger partial charge < -0.3 is 24.8 Å². The van der Waals surface area contributed by atoms with Crippen molar-refractivity contribution >= 4 is 40.7 Å². The Morgan fingerprint density at radius 1 is 1.02 bits per heavy atom. The van der Waals surface area contributed by atoms with Gasteiger partial charge in [-0.2, -0.15) is 5.10 Å². The number of hydrogen-bond acceptors (Lipinski definition) is 9. The number of pyridine rings is 1. The standard InChI is InChI=1S/C43H47Cl2N7O6/c1-42(2,3)58-41(56)51(21-27-13-15-36(54)46-27)19-25-12-14-33(47-39(25)57-5)32-11-7-10-31(38(32)45)30-9-6-8-29(37(30)44)26-16-34-40(55)49(4)35(48-52(34)20-26)22-50-23-43(24-50)17-28(53)18-43/h6-12,14,16,20,27-28,53H,13,15,17-19,21-24H2,1-5H3,(H,46,54)/t27-/m0/s1. The molecule has 0 unspecified atom stereocenters. The molecule has 15 heteroatoms. The number of aliphatic hydroxyl groups excluding tert-OH is 1. The number of carbonyl (C=O) groups is 2. The van der Waals surface area contributed by atoms with E-state index < -0.39 is 11.7 Å². The molecule has 3 aliphatic rings. The highest BCUT2D eigenvalue weighted by molar-refractivity contribution is 6.39. The first-order valence-electron chi connectivity index (χ1n) is 19.5. The maximum absolute atomic E-state index is 13.5. The van der Waals surface area contributed by atoms with E-state index in [0.29, 0.717) is 74.6 Å². The number of nitrogens with one attached hydrogen (secondary N) is 1. The number of ether oxygens (including phenoxy) is 2. The second-order valence-corrected chi connectivity index (χ2v) is 17.7. The minimum atomic E-state index is -0.707. The first-order chi connectivity index (χ1) is 27.6. The molecule has 13 nitrogen and oxygen atoms in total. The van der Waals surface area contributed by atoms with Crippen molar-refractivity contribution in [1.29, 1.82) is 0 Å². The SMILES string of the molecule is COc1nc(-c2cccc(-c3cccc(-c4cc5c(=O)n(C)c(CN6CC7(CC(O)C7)C6)nn5c4)c3Cl)c2Cl)ccc1CN(C[C@@H]1CCC(=O)N1)C(=O)OC(C)(C)C. The number of aliphatic hydroxyl groups is 1. The molecule has 1 aliphatic carbocycles. The summed E-state index contributed by atoms with van der Waals surface area (Å²) < 4.78 is 14.7. The molecule has 0 bridgehead atoms. The number of methoxy groups -OCH3 is 1. The predicted octanol–water partition coefficient (Wildman–Crippen LogP) is 6.72. The van der Waals surface area contributed by atoms with Gasteiger partial charge in [-0.25, -0.2) is 14.3 Å². The van der Waals surface area contributed by atoms with E-state index in [1.165, 1.54) is 7.11 Å². The molecule has 2 amide bonds. The highest BCUT2D eigenvalue weighted by Crippen LogP contribution is 2.48. The minimum Gasteiger partial charge on any atom is -0.481 e. The van der Waals surface area contributed by atoms with Crippen molar-refractivity contribution in [1.82, 2.24) is 34.3 Å². The minimum absolute atomic E-state index is 0.0373. The van der Waals surface area contributed by atoms with Gasteiger partial charge in [-0.3, -0.25) is 19.1 Å². The third-order valence-electron chi connectivity index (χ3n) is 11.3. The molecule has 1 saturated carbocycles. The monoisotopic (exact) mass is 827 g/mol. The smallest absolute Gasteiger partial charge is 0.410 e. The number of halogens is 2. The molecule has 5 heterocycles. The lowest BCUT2D eigenvalue weighted by atomic mass is 9.62. The lowest BCUT2D eigenvalue weighted by molar-refractivity contribution is -0.131. The number of carbonyl (C=O) groups excluding carboxylic acids is 2. The summed E-state index contributed by atoms with van der Waals surface area (Å²) >= 11 is 14.4. The van der Waals surface area contributed by atoms with Crippen molar-refractivity contribution in [2.45, 2.75) is 77.3 Å². The summed E-state index contributed by atoms with van der Waals surface area (Å²) in [5.41, 5.74) is 4.51. The largest absolute Gasteiger partial charge is 0.481 e. The van der Waals surface area contributed by atoms with Crippen LogP contribution in [0.1, 0.15) is 57.8 Å². The van der Waals surface area contributed by atoms with Crippen molar-refractivity contribution in [2.75, 3.05) is 26.7 Å². The van der Waals surface area contributed by atoms with Crippen LogP contribution in [0.25, 0.3) is 39.0 Å². The summed E-state index contributed by atoms with van der Waals surface area (Å²) in [5.74, 6) is 0.943. The Morgan fingerprint density at radius 3 is 2.33 bits per heavy atom. The van der Waals surface area contributed by atoms with Crippen LogP contribution in [0.2, 0.25) is 10.0 Å². The predicted molar refractivity (Wildman–Crippen MR) is 222 cm³/mol. The lowest BCUT2D eigenvalue weighted by Crippen LogP contribution is -2.63. The van der Waals surface area contributed by atoms with Crippen molar-refractivity contribution in [3.63, 3.8) is 0 Å². The van der Waals surface area contributed by atoms with Crippen LogP contribution in [-0.4, -0.2) is 90.6 Å². The van der Waals surface area contributed by atoms with E-state index in [4.69, 9.17) is 42.8 Å². The summed E-state index contributed by atoms with van der Waals surface area (Å²) in [6.45, 7) is 8.20. The number of nitrogens with zero attached hydrogens (tertiary/aromatic N) is 6. The molecule has 304 valence electrons. The lowest BCUT2D eigenvalue weighted by Gasteiger charge is -2.57. The zero-order valence-corrected chi connectivity index (χ0v) is 34.7. The molecule has 8 rings (SSSR count). The van der Waals surface area contributed by atoms with E-state index in [2.05, 4.69) is 10.2 Å². The van der Waals surface area contributed by atoms with E-state index in [9.17, 15) is 19.5 Å². The number of fused-ring (bicyclic) bond motifs is 1. The van der Waals surface area contributed by atoms with Gasteiger partial charge >= 0.3 is 6.09 Å². The van der Waals surface area contributed by atoms with Gasteiger partial charge in [-0.05, 0) is 58.2 Å². The van der Waals surface area contributed by atoms with Gasteiger partial charge in [-0.1, -0.05) is 59.6 Å². The van der Waals surface area contributed by atoms with Gasteiger partial charge in [0.1, 0.15) is 16.9 Å². The Labute approximate surface area is 346 Å². The molecule has 3 fully saturated rings. The summed E-state index contributed by atoms with van der Waals surface area (Å²) in [6, 6.07) is 16.7. The highest BCUT2D eigenvalue weighted by Gasteiger charge is 2.51. The van der Waals surface area contributed by atoms with E-state index >= 15 is 0 Å². The Morgan fingerprint density at radius 2 is 1.69 bits per heavy atom. The number of benzene rings is 2. The van der Waals surface area contributed by atoms with Crippen molar-refractivity contribution in [3.05, 3.63) is 92.6 Å². The maximum atomic E-state index is 13.5. The van der Waals surface area contributed by atoms with Crippen LogP contribution in [0.4, 0.5) is 4.79 Å². The average molecular weight is 829 g/mol. The van der Waals surface area contributed by atoms with Crippen LogP contribution in [0.3, 0.4) is 0 Å². The average Bonchev–Trinajstić information content (AvgIpc) is 3.77. The molecule has 1 spiro atoms. The van der Waals surface area contributed by atoms with Crippen molar-refractivity contribution < 1.29 is 24.2 Å². The first kappa shape index (κ1) is 39.9. The normalized spacial score (nSPS) is 17.9. The molecule has 0 radical (unpaired) electrons.